The van der Waals surface area contributed by atoms with Gasteiger partial charge in [0, 0.05) is 18.1 Å². The first-order valence-electron chi connectivity index (χ1n) is 7.52. The van der Waals surface area contributed by atoms with Crippen LogP contribution in [0.5, 0.6) is 6.01 Å². The highest BCUT2D eigenvalue weighted by molar-refractivity contribution is 5.20. The van der Waals surface area contributed by atoms with Crippen molar-refractivity contribution in [3.63, 3.8) is 0 Å². The van der Waals surface area contributed by atoms with E-state index in [9.17, 15) is 0 Å². The second-order valence-corrected chi connectivity index (χ2v) is 5.76. The van der Waals surface area contributed by atoms with Gasteiger partial charge >= 0.3 is 6.01 Å². The van der Waals surface area contributed by atoms with Gasteiger partial charge in [0.1, 0.15) is 5.82 Å². The van der Waals surface area contributed by atoms with Crippen molar-refractivity contribution in [2.24, 2.45) is 0 Å². The molecule has 0 fully saturated rings. The number of aryl methyl sites for hydroxylation is 2. The smallest absolute Gasteiger partial charge is 0.316 e. The van der Waals surface area contributed by atoms with Crippen LogP contribution in [0, 0.1) is 13.8 Å². The zero-order valence-electron chi connectivity index (χ0n) is 14.6. The number of hydrogen-bond acceptors (Lipinski definition) is 5. The molecular weight excluding hydrogens is 276 g/mol. The highest BCUT2D eigenvalue weighted by Gasteiger charge is 2.07. The van der Waals surface area contributed by atoms with Gasteiger partial charge in [-0.1, -0.05) is 27.7 Å². The van der Waals surface area contributed by atoms with E-state index in [0.717, 1.165) is 22.8 Å². The van der Waals surface area contributed by atoms with Crippen molar-refractivity contribution in [2.75, 3.05) is 7.11 Å². The summed E-state index contributed by atoms with van der Waals surface area (Å²) in [6.45, 7) is 12.4. The second kappa shape index (κ2) is 8.41. The molecule has 0 aliphatic heterocycles. The Labute approximate surface area is 133 Å². The molecular formula is C17H26N4O. The molecule has 2 aromatic rings. The Bertz CT molecular complexity index is 597. The summed E-state index contributed by atoms with van der Waals surface area (Å²) in [4.78, 5) is 16.5. The van der Waals surface area contributed by atoms with Crippen molar-refractivity contribution in [3.05, 3.63) is 41.2 Å². The molecule has 0 saturated heterocycles. The van der Waals surface area contributed by atoms with E-state index < -0.39 is 0 Å². The van der Waals surface area contributed by atoms with Crippen LogP contribution in [0.1, 0.15) is 62.3 Å². The van der Waals surface area contributed by atoms with E-state index in [-0.39, 0.29) is 0 Å². The third kappa shape index (κ3) is 5.39. The molecule has 0 amide bonds. The first-order valence-corrected chi connectivity index (χ1v) is 7.52. The predicted molar refractivity (Wildman–Crippen MR) is 88.3 cm³/mol. The Balaban J connectivity index is 0.000000224. The maximum Gasteiger partial charge on any atom is 0.316 e. The van der Waals surface area contributed by atoms with Gasteiger partial charge in [-0.2, -0.15) is 4.98 Å². The lowest BCUT2D eigenvalue weighted by Gasteiger charge is -2.08. The van der Waals surface area contributed by atoms with E-state index in [2.05, 4.69) is 47.6 Å². The molecule has 0 aliphatic carbocycles. The van der Waals surface area contributed by atoms with Crippen molar-refractivity contribution < 1.29 is 4.74 Å². The monoisotopic (exact) mass is 302 g/mol. The highest BCUT2D eigenvalue weighted by Crippen LogP contribution is 2.17. The molecule has 0 saturated carbocycles. The molecule has 0 aromatic carbocycles. The van der Waals surface area contributed by atoms with Crippen LogP contribution in [0.4, 0.5) is 0 Å². The number of nitrogens with zero attached hydrogens (tertiary/aromatic N) is 4. The van der Waals surface area contributed by atoms with Gasteiger partial charge in [-0.3, -0.25) is 0 Å². The van der Waals surface area contributed by atoms with E-state index in [1.807, 2.05) is 19.9 Å². The number of methoxy groups -OCH3 is 1. The number of ether oxygens (including phenoxy) is 1. The predicted octanol–water partition coefficient (Wildman–Crippen LogP) is 3.83. The van der Waals surface area contributed by atoms with Crippen molar-refractivity contribution in [1.29, 1.82) is 0 Å². The lowest BCUT2D eigenvalue weighted by molar-refractivity contribution is 0.376. The normalized spacial score (nSPS) is 10.4. The zero-order valence-corrected chi connectivity index (χ0v) is 14.6. The van der Waals surface area contributed by atoms with E-state index in [1.54, 1.807) is 19.5 Å². The molecule has 2 rings (SSSR count). The Kier molecular flexibility index (Phi) is 6.89. The molecule has 0 atom stereocenters. The van der Waals surface area contributed by atoms with Crippen LogP contribution in [-0.2, 0) is 0 Å². The molecule has 0 bridgehead atoms. The molecule has 5 heteroatoms. The van der Waals surface area contributed by atoms with E-state index >= 15 is 0 Å². The Morgan fingerprint density at radius 2 is 1.64 bits per heavy atom. The minimum Gasteiger partial charge on any atom is -0.467 e. The summed E-state index contributed by atoms with van der Waals surface area (Å²) in [6, 6.07) is 2.40. The summed E-state index contributed by atoms with van der Waals surface area (Å²) >= 11 is 0. The van der Waals surface area contributed by atoms with Gasteiger partial charge in [-0.25, -0.2) is 15.0 Å². The lowest BCUT2D eigenvalue weighted by atomic mass is 10.1. The summed E-state index contributed by atoms with van der Waals surface area (Å²) in [7, 11) is 1.58. The van der Waals surface area contributed by atoms with Crippen LogP contribution in [0.2, 0.25) is 0 Å². The van der Waals surface area contributed by atoms with Gasteiger partial charge in [-0.05, 0) is 37.3 Å². The number of hydrogen-bond donors (Lipinski definition) is 0. The minimum absolute atomic E-state index is 0.418. The van der Waals surface area contributed by atoms with Gasteiger partial charge in [-0.15, -0.1) is 0 Å². The van der Waals surface area contributed by atoms with Crippen molar-refractivity contribution in [1.82, 2.24) is 19.9 Å². The first kappa shape index (κ1) is 18.0. The average Bonchev–Trinajstić information content (AvgIpc) is 2.48. The van der Waals surface area contributed by atoms with Crippen LogP contribution < -0.4 is 4.74 Å². The highest BCUT2D eigenvalue weighted by atomic mass is 16.5. The largest absolute Gasteiger partial charge is 0.467 e. The SMILES string of the molecule is COc1ncc(C)c(C(C)C)n1.Cc1nccc(C(C)C)n1. The molecule has 2 aromatic heterocycles. The molecule has 0 radical (unpaired) electrons. The van der Waals surface area contributed by atoms with Gasteiger partial charge in [0.2, 0.25) is 0 Å². The molecule has 22 heavy (non-hydrogen) atoms. The van der Waals surface area contributed by atoms with Crippen LogP contribution >= 0.6 is 0 Å². The molecule has 5 nitrogen and oxygen atoms in total. The molecule has 0 aliphatic rings. The van der Waals surface area contributed by atoms with E-state index in [4.69, 9.17) is 4.74 Å². The minimum atomic E-state index is 0.418. The van der Waals surface area contributed by atoms with Gasteiger partial charge < -0.3 is 4.74 Å². The van der Waals surface area contributed by atoms with Crippen molar-refractivity contribution in [3.8, 4) is 6.01 Å². The molecule has 0 unspecified atom stereocenters. The standard InChI is InChI=1S/C9H14N2O.C8H12N2/c1-6(2)8-7(3)5-10-9(11-8)12-4;1-6(2)8-4-5-9-7(3)10-8/h5-6H,1-4H3;4-6H,1-3H3. The Hall–Kier alpha value is -2.04. The topological polar surface area (TPSA) is 60.8 Å². The fourth-order valence-corrected chi connectivity index (χ4v) is 1.92. The third-order valence-corrected chi connectivity index (χ3v) is 3.11. The summed E-state index contributed by atoms with van der Waals surface area (Å²) in [5.74, 6) is 1.77. The van der Waals surface area contributed by atoms with Gasteiger partial charge in [0.15, 0.2) is 0 Å². The molecule has 2 heterocycles. The summed E-state index contributed by atoms with van der Waals surface area (Å²) in [6.07, 6.45) is 3.60. The maximum absolute atomic E-state index is 4.94. The average molecular weight is 302 g/mol. The number of rotatable bonds is 3. The lowest BCUT2D eigenvalue weighted by Crippen LogP contribution is -2.00. The van der Waals surface area contributed by atoms with E-state index in [0.29, 0.717) is 17.8 Å². The molecule has 120 valence electrons. The zero-order chi connectivity index (χ0) is 16.7. The quantitative estimate of drug-likeness (QED) is 0.862. The fourth-order valence-electron chi connectivity index (χ4n) is 1.92. The Morgan fingerprint density at radius 1 is 0.955 bits per heavy atom. The third-order valence-electron chi connectivity index (χ3n) is 3.11. The molecule has 0 N–H and O–H groups in total. The second-order valence-electron chi connectivity index (χ2n) is 5.76. The van der Waals surface area contributed by atoms with Crippen molar-refractivity contribution >= 4 is 0 Å². The summed E-state index contributed by atoms with van der Waals surface area (Å²) < 4.78 is 4.94. The Morgan fingerprint density at radius 3 is 2.09 bits per heavy atom. The van der Waals surface area contributed by atoms with Gasteiger partial charge in [0.25, 0.3) is 0 Å². The van der Waals surface area contributed by atoms with E-state index in [1.165, 1.54) is 0 Å². The fraction of sp³-hybridized carbons (Fsp3) is 0.529. The van der Waals surface area contributed by atoms with Crippen LogP contribution in [-0.4, -0.2) is 27.0 Å². The van der Waals surface area contributed by atoms with Crippen molar-refractivity contribution in [2.45, 2.75) is 53.4 Å². The summed E-state index contributed by atoms with van der Waals surface area (Å²) in [5, 5.41) is 0. The summed E-state index contributed by atoms with van der Waals surface area (Å²) in [5.41, 5.74) is 3.29. The van der Waals surface area contributed by atoms with Gasteiger partial charge in [0.05, 0.1) is 12.8 Å². The van der Waals surface area contributed by atoms with Crippen LogP contribution in [0.3, 0.4) is 0 Å². The maximum atomic E-state index is 4.94. The van der Waals surface area contributed by atoms with Crippen LogP contribution in [0.25, 0.3) is 0 Å². The number of aromatic nitrogens is 4. The first-order chi connectivity index (χ1) is 10.3. The van der Waals surface area contributed by atoms with Crippen LogP contribution in [0.15, 0.2) is 18.5 Å². The molecule has 0 spiro atoms.